The number of anilines is 1. The van der Waals surface area contributed by atoms with Crippen LogP contribution < -0.4 is 10.9 Å². The van der Waals surface area contributed by atoms with Crippen molar-refractivity contribution in [1.29, 1.82) is 0 Å². The van der Waals surface area contributed by atoms with Crippen LogP contribution in [0.1, 0.15) is 75.5 Å². The number of aromatic nitrogens is 4. The van der Waals surface area contributed by atoms with E-state index in [9.17, 15) is 9.90 Å². The van der Waals surface area contributed by atoms with Crippen molar-refractivity contribution in [3.8, 4) is 0 Å². The largest absolute Gasteiger partial charge is 0.414 e. The molecule has 4 atom stereocenters. The Labute approximate surface area is 233 Å². The van der Waals surface area contributed by atoms with Gasteiger partial charge in [0.1, 0.15) is 18.3 Å². The Bertz CT molecular complexity index is 1180. The van der Waals surface area contributed by atoms with Gasteiger partial charge in [-0.1, -0.05) is 69.2 Å². The molecule has 0 bridgehead atoms. The molecule has 11 nitrogen and oxygen atoms in total. The lowest BCUT2D eigenvalue weighted by atomic mass is 10.1. The summed E-state index contributed by atoms with van der Waals surface area (Å²) in [6, 6.07) is 0. The van der Waals surface area contributed by atoms with Crippen LogP contribution in [0, 0.1) is 5.92 Å². The fraction of sp³-hybridized carbons (Fsp3) is 0.808. The molecule has 4 heterocycles. The van der Waals surface area contributed by atoms with E-state index in [2.05, 4.69) is 89.5 Å². The molecule has 0 aliphatic carbocycles. The Hall–Kier alpha value is -1.62. The molecule has 0 saturated carbocycles. The fourth-order valence-corrected chi connectivity index (χ4v) is 17.1. The first-order valence-corrected chi connectivity index (χ1v) is 18.2. The Morgan fingerprint density at radius 2 is 1.67 bits per heavy atom. The minimum absolute atomic E-state index is 0.124. The van der Waals surface area contributed by atoms with Crippen LogP contribution in [-0.2, 0) is 17.7 Å². The minimum atomic E-state index is -2.92. The van der Waals surface area contributed by atoms with Gasteiger partial charge >= 0.3 is 17.1 Å². The van der Waals surface area contributed by atoms with E-state index in [1.54, 1.807) is 4.57 Å². The molecule has 13 heteroatoms. The number of fused-ring (bicyclic) bond motifs is 2. The van der Waals surface area contributed by atoms with Crippen molar-refractivity contribution in [2.24, 2.45) is 5.92 Å². The van der Waals surface area contributed by atoms with Crippen molar-refractivity contribution < 1.29 is 22.8 Å². The summed E-state index contributed by atoms with van der Waals surface area (Å²) in [5.41, 5.74) is 0.824. The maximum absolute atomic E-state index is 12.8. The van der Waals surface area contributed by atoms with Gasteiger partial charge in [0.15, 0.2) is 17.4 Å². The molecule has 2 fully saturated rings. The summed E-state index contributed by atoms with van der Waals surface area (Å²) in [7, 11) is -5.66. The molecule has 3 N–H and O–H groups in total. The van der Waals surface area contributed by atoms with Gasteiger partial charge in [0, 0.05) is 6.54 Å². The molecule has 0 aromatic carbocycles. The van der Waals surface area contributed by atoms with E-state index in [0.717, 1.165) is 0 Å². The molecule has 0 amide bonds. The third-order valence-electron chi connectivity index (χ3n) is 8.03. The maximum atomic E-state index is 12.8. The van der Waals surface area contributed by atoms with Gasteiger partial charge < -0.3 is 28.1 Å². The number of rotatable bonds is 8. The molecule has 0 unspecified atom stereocenters. The van der Waals surface area contributed by atoms with Crippen LogP contribution in [0.3, 0.4) is 0 Å². The van der Waals surface area contributed by atoms with Gasteiger partial charge in [-0.25, -0.2) is 4.98 Å². The smallest absolute Gasteiger partial charge is 0.335 e. The predicted octanol–water partition coefficient (Wildman–Crippen LogP) is 4.40. The number of imidazole rings is 1. The number of aliphatic hydroxyl groups excluding tert-OH is 1. The topological polar surface area (TPSA) is 133 Å². The SMILES string of the molecule is CC(C)CNc1nc2c(ncn2[C@@H]2O[C@H]3CO[Si](C(C)C)(C(C)C)O[Si](C(C)C)(C(C)C)O[C@@H]3[C@H]2O)c(=O)[nH]1. The molecule has 2 aliphatic heterocycles. The summed E-state index contributed by atoms with van der Waals surface area (Å²) >= 11 is 0. The highest BCUT2D eigenvalue weighted by Crippen LogP contribution is 2.48. The molecule has 4 rings (SSSR count). The van der Waals surface area contributed by atoms with Crippen LogP contribution in [0.5, 0.6) is 0 Å². The lowest BCUT2D eigenvalue weighted by molar-refractivity contribution is -0.0570. The normalized spacial score (nSPS) is 27.1. The Kier molecular flexibility index (Phi) is 8.82. The minimum Gasteiger partial charge on any atom is -0.414 e. The fourth-order valence-electron chi connectivity index (χ4n) is 5.86. The molecule has 2 aromatic rings. The van der Waals surface area contributed by atoms with Crippen LogP contribution in [0.4, 0.5) is 5.95 Å². The van der Waals surface area contributed by atoms with E-state index in [1.165, 1.54) is 6.33 Å². The van der Waals surface area contributed by atoms with Crippen molar-refractivity contribution in [2.45, 2.75) is 116 Å². The van der Waals surface area contributed by atoms with Crippen LogP contribution >= 0.6 is 0 Å². The second-order valence-corrected chi connectivity index (χ2v) is 21.5. The first kappa shape index (κ1) is 30.3. The van der Waals surface area contributed by atoms with Gasteiger partial charge in [0.25, 0.3) is 5.56 Å². The molecular formula is C26H47N5O6Si2. The highest BCUT2D eigenvalue weighted by molar-refractivity contribution is 6.84. The molecule has 39 heavy (non-hydrogen) atoms. The predicted molar refractivity (Wildman–Crippen MR) is 155 cm³/mol. The summed E-state index contributed by atoms with van der Waals surface area (Å²) in [4.78, 5) is 24.4. The molecule has 0 radical (unpaired) electrons. The van der Waals surface area contributed by atoms with E-state index < -0.39 is 41.7 Å². The van der Waals surface area contributed by atoms with Crippen LogP contribution in [0.15, 0.2) is 11.1 Å². The lowest BCUT2D eigenvalue weighted by Gasteiger charge is -2.51. The average Bonchev–Trinajstić information content (AvgIpc) is 3.38. The van der Waals surface area contributed by atoms with Gasteiger partial charge in [-0.3, -0.25) is 14.3 Å². The first-order chi connectivity index (χ1) is 18.2. The summed E-state index contributed by atoms with van der Waals surface area (Å²) in [6.45, 7) is 22.3. The highest BCUT2D eigenvalue weighted by atomic mass is 28.5. The number of H-pyrrole nitrogens is 1. The third kappa shape index (κ3) is 5.38. The average molecular weight is 582 g/mol. The zero-order chi connectivity index (χ0) is 28.9. The zero-order valence-electron chi connectivity index (χ0n) is 25.0. The zero-order valence-corrected chi connectivity index (χ0v) is 27.0. The van der Waals surface area contributed by atoms with Gasteiger partial charge in [-0.2, -0.15) is 4.98 Å². The summed E-state index contributed by atoms with van der Waals surface area (Å²) in [5, 5.41) is 14.9. The second kappa shape index (κ2) is 11.3. The van der Waals surface area contributed by atoms with E-state index in [-0.39, 0.29) is 39.8 Å². The standard InChI is InChI=1S/C26H47N5O6Si2/c1-14(2)11-27-26-29-23-20(24(33)30-26)28-13-31(23)25-21(32)22-19(35-25)12-34-38(15(3)4,16(5)6)37-39(36-22,17(7)8)18(9)10/h13-19,21-22,25,32H,11-12H2,1-10H3,(H2,27,29,30,33)/t19-,21+,22-,25+/m0/s1. The molecule has 2 aliphatic rings. The van der Waals surface area contributed by atoms with E-state index in [0.29, 0.717) is 24.1 Å². The van der Waals surface area contributed by atoms with Crippen LogP contribution in [0.25, 0.3) is 11.2 Å². The van der Waals surface area contributed by atoms with E-state index >= 15 is 0 Å². The highest BCUT2D eigenvalue weighted by Gasteiger charge is 2.61. The maximum Gasteiger partial charge on any atom is 0.335 e. The summed E-state index contributed by atoms with van der Waals surface area (Å²) in [5.74, 6) is 0.718. The van der Waals surface area contributed by atoms with Crippen molar-refractivity contribution in [3.63, 3.8) is 0 Å². The summed E-state index contributed by atoms with van der Waals surface area (Å²) < 4.78 is 29.1. The molecule has 2 aromatic heterocycles. The number of ether oxygens (including phenoxy) is 1. The van der Waals surface area contributed by atoms with Gasteiger partial charge in [-0.15, -0.1) is 0 Å². The number of aromatic amines is 1. The number of nitrogens with zero attached hydrogens (tertiary/aromatic N) is 3. The van der Waals surface area contributed by atoms with Gasteiger partial charge in [0.05, 0.1) is 12.9 Å². The molecule has 0 spiro atoms. The Morgan fingerprint density at radius 1 is 1.05 bits per heavy atom. The van der Waals surface area contributed by atoms with Crippen molar-refractivity contribution in [2.75, 3.05) is 18.5 Å². The van der Waals surface area contributed by atoms with Gasteiger partial charge in [-0.05, 0) is 28.1 Å². The van der Waals surface area contributed by atoms with Crippen molar-refractivity contribution >= 4 is 34.2 Å². The molecule has 220 valence electrons. The van der Waals surface area contributed by atoms with Crippen molar-refractivity contribution in [3.05, 3.63) is 16.7 Å². The number of hydrogen-bond acceptors (Lipinski definition) is 9. The monoisotopic (exact) mass is 581 g/mol. The second-order valence-electron chi connectivity index (χ2n) is 12.6. The summed E-state index contributed by atoms with van der Waals surface area (Å²) in [6.07, 6.45) is -1.56. The lowest BCUT2D eigenvalue weighted by Crippen LogP contribution is -2.65. The van der Waals surface area contributed by atoms with Crippen LogP contribution in [-0.4, -0.2) is 73.2 Å². The molecular weight excluding hydrogens is 534 g/mol. The van der Waals surface area contributed by atoms with Gasteiger partial charge in [0.2, 0.25) is 5.95 Å². The Balaban J connectivity index is 1.75. The number of nitrogens with one attached hydrogen (secondary N) is 2. The van der Waals surface area contributed by atoms with Crippen molar-refractivity contribution in [1.82, 2.24) is 19.5 Å². The third-order valence-corrected chi connectivity index (χ3v) is 18.3. The first-order valence-electron chi connectivity index (χ1n) is 14.3. The van der Waals surface area contributed by atoms with Crippen LogP contribution in [0.2, 0.25) is 22.2 Å². The number of hydrogen-bond donors (Lipinski definition) is 3. The quantitative estimate of drug-likeness (QED) is 0.388. The molecule has 2 saturated heterocycles. The number of aliphatic hydroxyl groups is 1. The van der Waals surface area contributed by atoms with E-state index in [4.69, 9.17) is 17.7 Å². The Morgan fingerprint density at radius 3 is 2.23 bits per heavy atom. The van der Waals surface area contributed by atoms with E-state index in [1.807, 2.05) is 0 Å².